The van der Waals surface area contributed by atoms with Gasteiger partial charge in [-0.25, -0.2) is 8.42 Å². The van der Waals surface area contributed by atoms with Crippen molar-refractivity contribution >= 4 is 9.84 Å². The van der Waals surface area contributed by atoms with Crippen molar-refractivity contribution in [1.82, 2.24) is 4.90 Å². The first-order chi connectivity index (χ1) is 7.79. The zero-order chi connectivity index (χ0) is 12.7. The maximum Gasteiger partial charge on any atom is 0.154 e. The molecule has 17 heavy (non-hydrogen) atoms. The van der Waals surface area contributed by atoms with Gasteiger partial charge in [-0.2, -0.15) is 0 Å². The molecule has 2 aliphatic heterocycles. The van der Waals surface area contributed by atoms with E-state index in [1.54, 1.807) is 0 Å². The molecule has 100 valence electrons. The Hall–Kier alpha value is -0.170. The summed E-state index contributed by atoms with van der Waals surface area (Å²) in [6, 6.07) is -0.283. The number of nitrogens with zero attached hydrogens (tertiary/aromatic N) is 1. The van der Waals surface area contributed by atoms with Gasteiger partial charge in [-0.3, -0.25) is 4.90 Å². The first-order valence-electron chi connectivity index (χ1n) is 6.14. The van der Waals surface area contributed by atoms with Crippen LogP contribution in [0.1, 0.15) is 26.2 Å². The van der Waals surface area contributed by atoms with Gasteiger partial charge in [0, 0.05) is 6.54 Å². The zero-order valence-electron chi connectivity index (χ0n) is 10.2. The summed E-state index contributed by atoms with van der Waals surface area (Å²) in [7, 11) is -3.09. The highest BCUT2D eigenvalue weighted by molar-refractivity contribution is 7.91. The Morgan fingerprint density at radius 1 is 1.24 bits per heavy atom. The standard InChI is InChI=1S/C11H21NO4S/c1-11(14)3-2-5-12(6-4-11)9-7-17(15,16)8-10(9)13/h9-10,13-14H,2-8H2,1H3. The highest BCUT2D eigenvalue weighted by Crippen LogP contribution is 2.26. The summed E-state index contributed by atoms with van der Waals surface area (Å²) in [4.78, 5) is 2.02. The normalized spacial score (nSPS) is 43.5. The van der Waals surface area contributed by atoms with Gasteiger partial charge < -0.3 is 10.2 Å². The summed E-state index contributed by atoms with van der Waals surface area (Å²) in [6.07, 6.45) is 1.44. The van der Waals surface area contributed by atoms with E-state index in [1.807, 2.05) is 11.8 Å². The Labute approximate surface area is 102 Å². The lowest BCUT2D eigenvalue weighted by atomic mass is 9.98. The minimum Gasteiger partial charge on any atom is -0.390 e. The first-order valence-corrected chi connectivity index (χ1v) is 7.96. The van der Waals surface area contributed by atoms with E-state index in [-0.39, 0.29) is 17.5 Å². The van der Waals surface area contributed by atoms with E-state index in [0.717, 1.165) is 19.4 Å². The van der Waals surface area contributed by atoms with Crippen molar-refractivity contribution in [3.8, 4) is 0 Å². The van der Waals surface area contributed by atoms with E-state index in [9.17, 15) is 18.6 Å². The number of hydrogen-bond donors (Lipinski definition) is 2. The summed E-state index contributed by atoms with van der Waals surface area (Å²) in [5.74, 6) is -0.0686. The second-order valence-corrected chi connectivity index (χ2v) is 7.75. The second-order valence-electron chi connectivity index (χ2n) is 5.60. The molecule has 2 fully saturated rings. The van der Waals surface area contributed by atoms with Crippen LogP contribution >= 0.6 is 0 Å². The van der Waals surface area contributed by atoms with E-state index in [4.69, 9.17) is 0 Å². The fraction of sp³-hybridized carbons (Fsp3) is 1.00. The lowest BCUT2D eigenvalue weighted by molar-refractivity contribution is 0.0379. The molecule has 3 atom stereocenters. The largest absolute Gasteiger partial charge is 0.390 e. The van der Waals surface area contributed by atoms with Crippen molar-refractivity contribution in [2.75, 3.05) is 24.6 Å². The van der Waals surface area contributed by atoms with Gasteiger partial charge in [0.2, 0.25) is 0 Å². The van der Waals surface area contributed by atoms with Crippen molar-refractivity contribution in [1.29, 1.82) is 0 Å². The summed E-state index contributed by atoms with van der Waals surface area (Å²) in [5.41, 5.74) is -0.656. The molecule has 2 aliphatic rings. The van der Waals surface area contributed by atoms with E-state index in [0.29, 0.717) is 13.0 Å². The van der Waals surface area contributed by atoms with Crippen LogP contribution in [-0.2, 0) is 9.84 Å². The molecule has 0 bridgehead atoms. The Morgan fingerprint density at radius 2 is 1.94 bits per heavy atom. The van der Waals surface area contributed by atoms with Crippen LogP contribution in [0.5, 0.6) is 0 Å². The molecule has 0 aromatic carbocycles. The first kappa shape index (κ1) is 13.3. The van der Waals surface area contributed by atoms with Crippen LogP contribution in [0.2, 0.25) is 0 Å². The van der Waals surface area contributed by atoms with Gasteiger partial charge in [0.15, 0.2) is 9.84 Å². The SMILES string of the molecule is CC1(O)CCCN(C2CS(=O)(=O)CC2O)CC1. The van der Waals surface area contributed by atoms with Crippen LogP contribution < -0.4 is 0 Å². The quantitative estimate of drug-likeness (QED) is 0.659. The molecule has 3 unspecified atom stereocenters. The van der Waals surface area contributed by atoms with Crippen LogP contribution in [0.4, 0.5) is 0 Å². The third-order valence-corrected chi connectivity index (χ3v) is 5.56. The molecule has 0 saturated carbocycles. The van der Waals surface area contributed by atoms with Gasteiger partial charge in [-0.1, -0.05) is 0 Å². The van der Waals surface area contributed by atoms with Crippen molar-refractivity contribution in [3.05, 3.63) is 0 Å². The van der Waals surface area contributed by atoms with Gasteiger partial charge in [-0.15, -0.1) is 0 Å². The Morgan fingerprint density at radius 3 is 2.53 bits per heavy atom. The highest BCUT2D eigenvalue weighted by atomic mass is 32.2. The zero-order valence-corrected chi connectivity index (χ0v) is 11.0. The number of sulfone groups is 1. The molecule has 2 rings (SSSR count). The molecule has 6 heteroatoms. The van der Waals surface area contributed by atoms with Crippen LogP contribution in [0.3, 0.4) is 0 Å². The number of rotatable bonds is 1. The van der Waals surface area contributed by atoms with Gasteiger partial charge in [0.1, 0.15) is 0 Å². The Kier molecular flexibility index (Phi) is 3.51. The Bertz CT molecular complexity index is 379. The number of hydrogen-bond acceptors (Lipinski definition) is 5. The fourth-order valence-electron chi connectivity index (χ4n) is 2.78. The van der Waals surface area contributed by atoms with E-state index >= 15 is 0 Å². The average Bonchev–Trinajstić information content (AvgIpc) is 2.35. The number of aliphatic hydroxyl groups excluding tert-OH is 1. The number of aliphatic hydroxyl groups is 2. The van der Waals surface area contributed by atoms with E-state index in [2.05, 4.69) is 0 Å². The van der Waals surface area contributed by atoms with Gasteiger partial charge in [0.05, 0.1) is 29.3 Å². The minimum absolute atomic E-state index is 0.0519. The molecule has 2 saturated heterocycles. The Balaban J connectivity index is 2.04. The molecule has 0 radical (unpaired) electrons. The van der Waals surface area contributed by atoms with Crippen LogP contribution in [0.15, 0.2) is 0 Å². The summed E-state index contributed by atoms with van der Waals surface area (Å²) in [5, 5.41) is 19.8. The van der Waals surface area contributed by atoms with Gasteiger partial charge >= 0.3 is 0 Å². The molecule has 0 spiro atoms. The summed E-state index contributed by atoms with van der Waals surface area (Å²) >= 11 is 0. The minimum atomic E-state index is -3.09. The average molecular weight is 263 g/mol. The van der Waals surface area contributed by atoms with Crippen LogP contribution in [-0.4, -0.2) is 65.9 Å². The molecular formula is C11H21NO4S. The molecule has 0 aromatic rings. The third-order valence-electron chi connectivity index (χ3n) is 3.86. The molecule has 0 aromatic heterocycles. The smallest absolute Gasteiger partial charge is 0.154 e. The van der Waals surface area contributed by atoms with Crippen molar-refractivity contribution in [2.45, 2.75) is 43.9 Å². The molecular weight excluding hydrogens is 242 g/mol. The van der Waals surface area contributed by atoms with Crippen LogP contribution in [0, 0.1) is 0 Å². The van der Waals surface area contributed by atoms with Crippen LogP contribution in [0.25, 0.3) is 0 Å². The molecule has 0 amide bonds. The molecule has 2 N–H and O–H groups in total. The van der Waals surface area contributed by atoms with Gasteiger partial charge in [-0.05, 0) is 32.7 Å². The lowest BCUT2D eigenvalue weighted by Gasteiger charge is -2.29. The molecule has 2 heterocycles. The highest BCUT2D eigenvalue weighted by Gasteiger charge is 2.41. The molecule has 5 nitrogen and oxygen atoms in total. The summed E-state index contributed by atoms with van der Waals surface area (Å²) < 4.78 is 22.9. The maximum absolute atomic E-state index is 11.5. The summed E-state index contributed by atoms with van der Waals surface area (Å²) in [6.45, 7) is 3.23. The third kappa shape index (κ3) is 3.19. The predicted molar refractivity (Wildman–Crippen MR) is 64.5 cm³/mol. The monoisotopic (exact) mass is 263 g/mol. The van der Waals surface area contributed by atoms with Crippen molar-refractivity contribution < 1.29 is 18.6 Å². The number of likely N-dealkylation sites (tertiary alicyclic amines) is 1. The van der Waals surface area contributed by atoms with Crippen molar-refractivity contribution in [3.63, 3.8) is 0 Å². The second kappa shape index (κ2) is 4.50. The molecule has 0 aliphatic carbocycles. The maximum atomic E-state index is 11.5. The topological polar surface area (TPSA) is 77.8 Å². The van der Waals surface area contributed by atoms with E-state index in [1.165, 1.54) is 0 Å². The fourth-order valence-corrected chi connectivity index (χ4v) is 4.61. The predicted octanol–water partition coefficient (Wildman–Crippen LogP) is -0.619. The van der Waals surface area contributed by atoms with Gasteiger partial charge in [0.25, 0.3) is 0 Å². The van der Waals surface area contributed by atoms with E-state index < -0.39 is 21.5 Å². The lowest BCUT2D eigenvalue weighted by Crippen LogP contribution is -2.44. The van der Waals surface area contributed by atoms with Crippen molar-refractivity contribution in [2.24, 2.45) is 0 Å².